The second kappa shape index (κ2) is 8.82. The molecule has 0 aliphatic carbocycles. The van der Waals surface area contributed by atoms with Gasteiger partial charge in [-0.2, -0.15) is 0 Å². The molecule has 4 N–H and O–H groups in total. The predicted octanol–water partition coefficient (Wildman–Crippen LogP) is 2.90. The topological polar surface area (TPSA) is 133 Å². The van der Waals surface area contributed by atoms with Gasteiger partial charge in [0, 0.05) is 17.3 Å². The standard InChI is InChI=1S/C21H19N3O6/c1-28-17-10-14(19(22)25)15(11-18(17)29-2)24-20(26)12-5-3-6-13(9-12)23-21(27)16-7-4-8-30-16/h3-11H,1-2H3,(H2,22,25)(H,23,27)(H,24,26). The van der Waals surface area contributed by atoms with E-state index in [0.29, 0.717) is 17.2 Å². The van der Waals surface area contributed by atoms with Gasteiger partial charge in [0.25, 0.3) is 17.7 Å². The number of anilines is 2. The van der Waals surface area contributed by atoms with Gasteiger partial charge in [0.2, 0.25) is 0 Å². The summed E-state index contributed by atoms with van der Waals surface area (Å²) >= 11 is 0. The predicted molar refractivity (Wildman–Crippen MR) is 109 cm³/mol. The third-order valence-electron chi connectivity index (χ3n) is 4.16. The van der Waals surface area contributed by atoms with E-state index in [2.05, 4.69) is 10.6 Å². The maximum absolute atomic E-state index is 12.7. The molecule has 0 bridgehead atoms. The molecule has 9 heteroatoms. The Hall–Kier alpha value is -4.27. The molecule has 1 heterocycles. The molecule has 0 unspecified atom stereocenters. The Kier molecular flexibility index (Phi) is 6.02. The van der Waals surface area contributed by atoms with E-state index in [0.717, 1.165) is 0 Å². The summed E-state index contributed by atoms with van der Waals surface area (Å²) in [6.45, 7) is 0. The number of nitrogens with two attached hydrogens (primary N) is 1. The normalized spacial score (nSPS) is 10.2. The molecule has 3 aromatic rings. The maximum Gasteiger partial charge on any atom is 0.291 e. The molecule has 30 heavy (non-hydrogen) atoms. The van der Waals surface area contributed by atoms with Crippen LogP contribution < -0.4 is 25.8 Å². The van der Waals surface area contributed by atoms with Gasteiger partial charge in [-0.05, 0) is 36.4 Å². The fourth-order valence-corrected chi connectivity index (χ4v) is 2.72. The lowest BCUT2D eigenvalue weighted by Gasteiger charge is -2.14. The monoisotopic (exact) mass is 409 g/mol. The molecule has 0 aliphatic rings. The number of amides is 3. The van der Waals surface area contributed by atoms with Crippen LogP contribution in [-0.4, -0.2) is 31.9 Å². The number of nitrogens with one attached hydrogen (secondary N) is 2. The number of primary amides is 1. The first kappa shape index (κ1) is 20.5. The van der Waals surface area contributed by atoms with Gasteiger partial charge in [0.1, 0.15) is 0 Å². The van der Waals surface area contributed by atoms with Crippen LogP contribution in [0.2, 0.25) is 0 Å². The van der Waals surface area contributed by atoms with Gasteiger partial charge in [-0.15, -0.1) is 0 Å². The zero-order valence-corrected chi connectivity index (χ0v) is 16.2. The first-order chi connectivity index (χ1) is 14.4. The van der Waals surface area contributed by atoms with Gasteiger partial charge in [-0.1, -0.05) is 6.07 Å². The van der Waals surface area contributed by atoms with Crippen molar-refractivity contribution in [1.82, 2.24) is 0 Å². The van der Waals surface area contributed by atoms with Crippen molar-refractivity contribution in [3.63, 3.8) is 0 Å². The molecule has 9 nitrogen and oxygen atoms in total. The van der Waals surface area contributed by atoms with Crippen LogP contribution >= 0.6 is 0 Å². The van der Waals surface area contributed by atoms with Crippen molar-refractivity contribution in [2.24, 2.45) is 5.73 Å². The van der Waals surface area contributed by atoms with Crippen LogP contribution in [-0.2, 0) is 0 Å². The number of ether oxygens (including phenoxy) is 2. The molecule has 0 atom stereocenters. The van der Waals surface area contributed by atoms with E-state index in [1.54, 1.807) is 24.3 Å². The molecule has 3 rings (SSSR count). The number of carbonyl (C=O) groups excluding carboxylic acids is 3. The van der Waals surface area contributed by atoms with Gasteiger partial charge in [-0.3, -0.25) is 14.4 Å². The fraction of sp³-hybridized carbons (Fsp3) is 0.0952. The number of carbonyl (C=O) groups is 3. The molecular weight excluding hydrogens is 390 g/mol. The number of hydrogen-bond acceptors (Lipinski definition) is 6. The van der Waals surface area contributed by atoms with Crippen LogP contribution in [0.4, 0.5) is 11.4 Å². The van der Waals surface area contributed by atoms with Crippen LogP contribution in [0.1, 0.15) is 31.3 Å². The summed E-state index contributed by atoms with van der Waals surface area (Å²) < 4.78 is 15.4. The van der Waals surface area contributed by atoms with E-state index >= 15 is 0 Å². The molecule has 0 aliphatic heterocycles. The summed E-state index contributed by atoms with van der Waals surface area (Å²) in [5, 5.41) is 5.28. The molecule has 2 aromatic carbocycles. The van der Waals surface area contributed by atoms with Gasteiger partial charge in [-0.25, -0.2) is 0 Å². The first-order valence-corrected chi connectivity index (χ1v) is 8.75. The van der Waals surface area contributed by atoms with Crippen LogP contribution in [0.25, 0.3) is 0 Å². The van der Waals surface area contributed by atoms with E-state index in [9.17, 15) is 14.4 Å². The Bertz CT molecular complexity index is 1090. The van der Waals surface area contributed by atoms with Crippen molar-refractivity contribution in [2.75, 3.05) is 24.9 Å². The number of methoxy groups -OCH3 is 2. The second-order valence-corrected chi connectivity index (χ2v) is 6.08. The summed E-state index contributed by atoms with van der Waals surface area (Å²) in [4.78, 5) is 36.7. The summed E-state index contributed by atoms with van der Waals surface area (Å²) in [5.74, 6) is -0.955. The van der Waals surface area contributed by atoms with Crippen molar-refractivity contribution in [1.29, 1.82) is 0 Å². The van der Waals surface area contributed by atoms with Crippen molar-refractivity contribution in [2.45, 2.75) is 0 Å². The molecule has 0 radical (unpaired) electrons. The Balaban J connectivity index is 1.84. The van der Waals surface area contributed by atoms with Crippen LogP contribution in [0, 0.1) is 0 Å². The SMILES string of the molecule is COc1cc(NC(=O)c2cccc(NC(=O)c3ccco3)c2)c(C(N)=O)cc1OC. The molecule has 0 saturated carbocycles. The van der Waals surface area contributed by atoms with E-state index in [4.69, 9.17) is 19.6 Å². The van der Waals surface area contributed by atoms with Crippen LogP contribution in [0.5, 0.6) is 11.5 Å². The molecule has 1 aromatic heterocycles. The summed E-state index contributed by atoms with van der Waals surface area (Å²) in [6.07, 6.45) is 1.39. The molecule has 0 fully saturated rings. The Labute approximate surface area is 171 Å². The fourth-order valence-electron chi connectivity index (χ4n) is 2.72. The third kappa shape index (κ3) is 4.41. The first-order valence-electron chi connectivity index (χ1n) is 8.75. The Morgan fingerprint density at radius 3 is 2.27 bits per heavy atom. The zero-order chi connectivity index (χ0) is 21.7. The van der Waals surface area contributed by atoms with Crippen molar-refractivity contribution >= 4 is 29.1 Å². The highest BCUT2D eigenvalue weighted by atomic mass is 16.5. The second-order valence-electron chi connectivity index (χ2n) is 6.08. The minimum Gasteiger partial charge on any atom is -0.493 e. The Morgan fingerprint density at radius 1 is 0.900 bits per heavy atom. The average molecular weight is 409 g/mol. The zero-order valence-electron chi connectivity index (χ0n) is 16.2. The lowest BCUT2D eigenvalue weighted by Crippen LogP contribution is -2.19. The molecule has 0 saturated heterocycles. The van der Waals surface area contributed by atoms with Gasteiger partial charge in [0.05, 0.1) is 31.7 Å². The highest BCUT2D eigenvalue weighted by molar-refractivity contribution is 6.10. The van der Waals surface area contributed by atoms with Gasteiger partial charge in [0.15, 0.2) is 17.3 Å². The summed E-state index contributed by atoms with van der Waals surface area (Å²) in [5.41, 5.74) is 6.29. The number of furan rings is 1. The quantitative estimate of drug-likeness (QED) is 0.550. The lowest BCUT2D eigenvalue weighted by atomic mass is 10.1. The minimum atomic E-state index is -0.745. The van der Waals surface area contributed by atoms with E-state index in [1.807, 2.05) is 0 Å². The lowest BCUT2D eigenvalue weighted by molar-refractivity contribution is 0.0988. The highest BCUT2D eigenvalue weighted by Gasteiger charge is 2.18. The molecule has 154 valence electrons. The van der Waals surface area contributed by atoms with Gasteiger partial charge >= 0.3 is 0 Å². The van der Waals surface area contributed by atoms with Crippen molar-refractivity contribution in [3.8, 4) is 11.5 Å². The highest BCUT2D eigenvalue weighted by Crippen LogP contribution is 2.33. The molecule has 3 amide bonds. The average Bonchev–Trinajstić information content (AvgIpc) is 3.28. The Morgan fingerprint density at radius 2 is 1.63 bits per heavy atom. The largest absolute Gasteiger partial charge is 0.493 e. The number of benzene rings is 2. The van der Waals surface area contributed by atoms with Crippen LogP contribution in [0.15, 0.2) is 59.2 Å². The number of hydrogen-bond donors (Lipinski definition) is 3. The van der Waals surface area contributed by atoms with E-state index in [-0.39, 0.29) is 22.6 Å². The van der Waals surface area contributed by atoms with E-state index in [1.165, 1.54) is 44.7 Å². The smallest absolute Gasteiger partial charge is 0.291 e. The van der Waals surface area contributed by atoms with E-state index < -0.39 is 17.7 Å². The maximum atomic E-state index is 12.7. The molecule has 0 spiro atoms. The third-order valence-corrected chi connectivity index (χ3v) is 4.16. The summed E-state index contributed by atoms with van der Waals surface area (Å²) in [7, 11) is 2.85. The summed E-state index contributed by atoms with van der Waals surface area (Å²) in [6, 6.07) is 12.2. The van der Waals surface area contributed by atoms with Gasteiger partial charge < -0.3 is 30.3 Å². The minimum absolute atomic E-state index is 0.0586. The van der Waals surface area contributed by atoms with Crippen LogP contribution in [0.3, 0.4) is 0 Å². The van der Waals surface area contributed by atoms with Crippen molar-refractivity contribution < 1.29 is 28.3 Å². The number of rotatable bonds is 7. The van der Waals surface area contributed by atoms with Crippen molar-refractivity contribution in [3.05, 3.63) is 71.7 Å². The molecular formula is C21H19N3O6.